The van der Waals surface area contributed by atoms with E-state index in [2.05, 4.69) is 10.4 Å². The third kappa shape index (κ3) is 4.54. The summed E-state index contributed by atoms with van der Waals surface area (Å²) in [5.74, 6) is -0.858. The van der Waals surface area contributed by atoms with Gasteiger partial charge in [0.05, 0.1) is 18.0 Å². The van der Waals surface area contributed by atoms with E-state index in [9.17, 15) is 9.59 Å². The number of rotatable bonds is 6. The molecule has 3 N–H and O–H groups in total. The van der Waals surface area contributed by atoms with Crippen molar-refractivity contribution in [3.05, 3.63) is 76.9 Å². The number of primary amides is 1. The molecule has 0 saturated heterocycles. The van der Waals surface area contributed by atoms with Gasteiger partial charge in [-0.1, -0.05) is 54.1 Å². The lowest BCUT2D eigenvalue weighted by atomic mass is 10.0. The summed E-state index contributed by atoms with van der Waals surface area (Å²) in [5.41, 5.74) is 7.89. The Bertz CT molecular complexity index is 969. The SMILES string of the molecule is Cn1cc(C(=O)N[C@@H](CC(N)=O)c2cccc(Cl)c2)c(-c2ccccc2)n1. The third-order valence-corrected chi connectivity index (χ3v) is 4.32. The fraction of sp³-hybridized carbons (Fsp3) is 0.150. The first-order valence-electron chi connectivity index (χ1n) is 8.37. The van der Waals surface area contributed by atoms with Crippen LogP contribution in [-0.2, 0) is 11.8 Å². The highest BCUT2D eigenvalue weighted by atomic mass is 35.5. The van der Waals surface area contributed by atoms with E-state index in [0.717, 1.165) is 5.56 Å². The number of carbonyl (C=O) groups excluding carboxylic acids is 2. The second kappa shape index (κ2) is 8.05. The smallest absolute Gasteiger partial charge is 0.255 e. The van der Waals surface area contributed by atoms with Crippen LogP contribution >= 0.6 is 11.6 Å². The monoisotopic (exact) mass is 382 g/mol. The molecule has 1 aromatic heterocycles. The normalized spacial score (nSPS) is 11.8. The van der Waals surface area contributed by atoms with E-state index < -0.39 is 11.9 Å². The van der Waals surface area contributed by atoms with Crippen molar-refractivity contribution in [1.82, 2.24) is 15.1 Å². The summed E-state index contributed by atoms with van der Waals surface area (Å²) in [4.78, 5) is 24.5. The van der Waals surface area contributed by atoms with Gasteiger partial charge in [0.1, 0.15) is 5.69 Å². The minimum absolute atomic E-state index is 0.0347. The molecule has 0 aliphatic heterocycles. The van der Waals surface area contributed by atoms with E-state index in [1.807, 2.05) is 30.3 Å². The Morgan fingerprint density at radius 3 is 2.59 bits per heavy atom. The maximum atomic E-state index is 13.0. The van der Waals surface area contributed by atoms with Crippen LogP contribution in [0.4, 0.5) is 0 Å². The molecule has 0 aliphatic rings. The van der Waals surface area contributed by atoms with Crippen LogP contribution < -0.4 is 11.1 Å². The number of hydrogen-bond acceptors (Lipinski definition) is 3. The Hall–Kier alpha value is -3.12. The second-order valence-electron chi connectivity index (χ2n) is 6.18. The first-order chi connectivity index (χ1) is 12.9. The highest BCUT2D eigenvalue weighted by Gasteiger charge is 2.22. The summed E-state index contributed by atoms with van der Waals surface area (Å²) in [7, 11) is 1.75. The summed E-state index contributed by atoms with van der Waals surface area (Å²) >= 11 is 6.05. The number of hydrogen-bond donors (Lipinski definition) is 2. The Kier molecular flexibility index (Phi) is 5.57. The Balaban J connectivity index is 1.92. The molecule has 0 bridgehead atoms. The van der Waals surface area contributed by atoms with Crippen molar-refractivity contribution in [2.45, 2.75) is 12.5 Å². The minimum atomic E-state index is -0.586. The highest BCUT2D eigenvalue weighted by molar-refractivity contribution is 6.30. The number of benzene rings is 2. The summed E-state index contributed by atoms with van der Waals surface area (Å²) in [6.07, 6.45) is 1.62. The van der Waals surface area contributed by atoms with Crippen molar-refractivity contribution in [3.63, 3.8) is 0 Å². The zero-order chi connectivity index (χ0) is 19.4. The fourth-order valence-electron chi connectivity index (χ4n) is 2.88. The van der Waals surface area contributed by atoms with Crippen molar-refractivity contribution in [2.24, 2.45) is 12.8 Å². The maximum Gasteiger partial charge on any atom is 0.255 e. The van der Waals surface area contributed by atoms with Crippen LogP contribution in [0.5, 0.6) is 0 Å². The number of aromatic nitrogens is 2. The van der Waals surface area contributed by atoms with Gasteiger partial charge in [0.25, 0.3) is 5.91 Å². The van der Waals surface area contributed by atoms with Crippen LogP contribution in [0.15, 0.2) is 60.8 Å². The Labute approximate surface area is 161 Å². The fourth-order valence-corrected chi connectivity index (χ4v) is 3.08. The van der Waals surface area contributed by atoms with E-state index in [1.165, 1.54) is 0 Å². The van der Waals surface area contributed by atoms with Crippen LogP contribution in [0.2, 0.25) is 5.02 Å². The lowest BCUT2D eigenvalue weighted by molar-refractivity contribution is -0.118. The van der Waals surface area contributed by atoms with Crippen molar-refractivity contribution >= 4 is 23.4 Å². The lowest BCUT2D eigenvalue weighted by Gasteiger charge is -2.18. The molecule has 3 rings (SSSR count). The second-order valence-corrected chi connectivity index (χ2v) is 6.62. The zero-order valence-electron chi connectivity index (χ0n) is 14.7. The minimum Gasteiger partial charge on any atom is -0.370 e. The predicted octanol–water partition coefficient (Wildman–Crippen LogP) is 3.09. The molecule has 2 aromatic carbocycles. The summed E-state index contributed by atoms with van der Waals surface area (Å²) in [5, 5.41) is 7.80. The topological polar surface area (TPSA) is 90.0 Å². The van der Waals surface area contributed by atoms with Crippen LogP contribution in [0.3, 0.4) is 0 Å². The molecular weight excluding hydrogens is 364 g/mol. The van der Waals surface area contributed by atoms with E-state index in [1.54, 1.807) is 42.2 Å². The number of nitrogens with zero attached hydrogens (tertiary/aromatic N) is 2. The molecule has 2 amide bonds. The molecular formula is C20H19ClN4O2. The molecule has 0 fully saturated rings. The van der Waals surface area contributed by atoms with Crippen molar-refractivity contribution in [3.8, 4) is 11.3 Å². The van der Waals surface area contributed by atoms with Crippen LogP contribution in [-0.4, -0.2) is 21.6 Å². The van der Waals surface area contributed by atoms with Crippen molar-refractivity contribution < 1.29 is 9.59 Å². The first kappa shape index (κ1) is 18.7. The molecule has 1 atom stereocenters. The Morgan fingerprint density at radius 2 is 1.93 bits per heavy atom. The van der Waals surface area contributed by atoms with E-state index >= 15 is 0 Å². The van der Waals surface area contributed by atoms with Gasteiger partial charge in [0, 0.05) is 23.8 Å². The van der Waals surface area contributed by atoms with Gasteiger partial charge in [-0.15, -0.1) is 0 Å². The molecule has 0 spiro atoms. The van der Waals surface area contributed by atoms with Gasteiger partial charge in [0.2, 0.25) is 5.91 Å². The Morgan fingerprint density at radius 1 is 1.19 bits per heavy atom. The number of nitrogens with two attached hydrogens (primary N) is 1. The molecule has 0 saturated carbocycles. The molecule has 1 heterocycles. The summed E-state index contributed by atoms with van der Waals surface area (Å²) < 4.78 is 1.58. The first-order valence-corrected chi connectivity index (χ1v) is 8.75. The van der Waals surface area contributed by atoms with Crippen molar-refractivity contribution in [1.29, 1.82) is 0 Å². The van der Waals surface area contributed by atoms with Gasteiger partial charge in [-0.05, 0) is 17.7 Å². The molecule has 27 heavy (non-hydrogen) atoms. The largest absolute Gasteiger partial charge is 0.370 e. The predicted molar refractivity (Wildman–Crippen MR) is 104 cm³/mol. The van der Waals surface area contributed by atoms with Crippen LogP contribution in [0.1, 0.15) is 28.4 Å². The number of nitrogens with one attached hydrogen (secondary N) is 1. The molecule has 0 aliphatic carbocycles. The lowest BCUT2D eigenvalue weighted by Crippen LogP contribution is -2.32. The van der Waals surface area contributed by atoms with Gasteiger partial charge in [0.15, 0.2) is 0 Å². The molecule has 138 valence electrons. The number of halogens is 1. The average Bonchev–Trinajstić information content (AvgIpc) is 3.03. The van der Waals surface area contributed by atoms with Crippen LogP contribution in [0, 0.1) is 0 Å². The molecule has 7 heteroatoms. The maximum absolute atomic E-state index is 13.0. The van der Waals surface area contributed by atoms with Gasteiger partial charge in [-0.2, -0.15) is 5.10 Å². The molecule has 6 nitrogen and oxygen atoms in total. The molecule has 0 radical (unpaired) electrons. The number of amides is 2. The van der Waals surface area contributed by atoms with Gasteiger partial charge < -0.3 is 11.1 Å². The standard InChI is InChI=1S/C20H19ClN4O2/c1-25-12-16(19(24-25)13-6-3-2-4-7-13)20(27)23-17(11-18(22)26)14-8-5-9-15(21)10-14/h2-10,12,17H,11H2,1H3,(H2,22,26)(H,23,27)/t17-/m0/s1. The summed E-state index contributed by atoms with van der Waals surface area (Å²) in [6, 6.07) is 15.8. The average molecular weight is 383 g/mol. The van der Waals surface area contributed by atoms with Gasteiger partial charge in [-0.25, -0.2) is 0 Å². The van der Waals surface area contributed by atoms with Gasteiger partial charge in [-0.3, -0.25) is 14.3 Å². The van der Waals surface area contributed by atoms with E-state index in [0.29, 0.717) is 21.8 Å². The zero-order valence-corrected chi connectivity index (χ0v) is 15.5. The van der Waals surface area contributed by atoms with Crippen LogP contribution in [0.25, 0.3) is 11.3 Å². The number of carbonyl (C=O) groups is 2. The van der Waals surface area contributed by atoms with E-state index in [4.69, 9.17) is 17.3 Å². The highest BCUT2D eigenvalue weighted by Crippen LogP contribution is 2.24. The summed E-state index contributed by atoms with van der Waals surface area (Å²) in [6.45, 7) is 0. The quantitative estimate of drug-likeness (QED) is 0.686. The molecule has 0 unspecified atom stereocenters. The van der Waals surface area contributed by atoms with Gasteiger partial charge >= 0.3 is 0 Å². The number of aryl methyl sites for hydroxylation is 1. The van der Waals surface area contributed by atoms with E-state index in [-0.39, 0.29) is 12.3 Å². The van der Waals surface area contributed by atoms with Crippen molar-refractivity contribution in [2.75, 3.05) is 0 Å². The third-order valence-electron chi connectivity index (χ3n) is 4.08. The molecule has 3 aromatic rings.